The third-order valence-corrected chi connectivity index (χ3v) is 3.67. The quantitative estimate of drug-likeness (QED) is 0.784. The maximum Gasteiger partial charge on any atom is 0.230 e. The second-order valence-electron chi connectivity index (χ2n) is 5.90. The van der Waals surface area contributed by atoms with Crippen molar-refractivity contribution in [3.63, 3.8) is 0 Å². The molecule has 0 bridgehead atoms. The molecule has 0 atom stereocenters. The lowest BCUT2D eigenvalue weighted by molar-refractivity contribution is -0.125. The summed E-state index contributed by atoms with van der Waals surface area (Å²) in [7, 11) is 4.11. The Balaban J connectivity index is 2.49. The van der Waals surface area contributed by atoms with Crippen molar-refractivity contribution >= 4 is 17.5 Å². The molecule has 112 valence electrons. The van der Waals surface area contributed by atoms with Crippen molar-refractivity contribution in [3.05, 3.63) is 34.9 Å². The van der Waals surface area contributed by atoms with E-state index in [0.717, 1.165) is 31.5 Å². The first-order valence-electron chi connectivity index (χ1n) is 7.03. The van der Waals surface area contributed by atoms with Gasteiger partial charge in [-0.2, -0.15) is 0 Å². The first kappa shape index (κ1) is 17.0. The number of hydrogen-bond acceptors (Lipinski definition) is 2. The molecule has 0 saturated heterocycles. The van der Waals surface area contributed by atoms with Crippen LogP contribution in [0.15, 0.2) is 24.3 Å². The van der Waals surface area contributed by atoms with Gasteiger partial charge in [0.25, 0.3) is 0 Å². The summed E-state index contributed by atoms with van der Waals surface area (Å²) in [6, 6.07) is 7.49. The summed E-state index contributed by atoms with van der Waals surface area (Å²) in [6.07, 6.45) is 2.08. The number of nitrogens with zero attached hydrogens (tertiary/aromatic N) is 1. The van der Waals surface area contributed by atoms with Gasteiger partial charge in [0, 0.05) is 11.6 Å². The molecule has 0 spiro atoms. The number of carbonyl (C=O) groups is 1. The van der Waals surface area contributed by atoms with Crippen molar-refractivity contribution in [2.45, 2.75) is 32.1 Å². The van der Waals surface area contributed by atoms with E-state index in [1.807, 2.05) is 38.1 Å². The fourth-order valence-electron chi connectivity index (χ4n) is 1.98. The molecular weight excluding hydrogens is 272 g/mol. The third-order valence-electron chi connectivity index (χ3n) is 3.43. The molecule has 0 saturated carbocycles. The predicted octanol–water partition coefficient (Wildman–Crippen LogP) is 3.08. The molecule has 20 heavy (non-hydrogen) atoms. The van der Waals surface area contributed by atoms with Gasteiger partial charge in [-0.3, -0.25) is 4.79 Å². The lowest BCUT2D eigenvalue weighted by Crippen LogP contribution is -2.40. The average Bonchev–Trinajstić information content (AvgIpc) is 2.37. The fraction of sp³-hybridized carbons (Fsp3) is 0.562. The summed E-state index contributed by atoms with van der Waals surface area (Å²) in [4.78, 5) is 14.5. The van der Waals surface area contributed by atoms with Gasteiger partial charge in [-0.15, -0.1) is 0 Å². The van der Waals surface area contributed by atoms with Gasteiger partial charge in [-0.05, 0) is 65.0 Å². The van der Waals surface area contributed by atoms with Crippen LogP contribution in [0.4, 0.5) is 0 Å². The van der Waals surface area contributed by atoms with E-state index in [1.54, 1.807) is 0 Å². The zero-order valence-corrected chi connectivity index (χ0v) is 13.6. The minimum absolute atomic E-state index is 0.0459. The Bertz CT molecular complexity index is 444. The molecule has 0 fully saturated rings. The highest BCUT2D eigenvalue weighted by Crippen LogP contribution is 2.25. The van der Waals surface area contributed by atoms with Crippen LogP contribution in [0.5, 0.6) is 0 Å². The Kier molecular flexibility index (Phi) is 6.50. The van der Waals surface area contributed by atoms with Gasteiger partial charge in [-0.1, -0.05) is 23.7 Å². The van der Waals surface area contributed by atoms with Crippen LogP contribution in [-0.2, 0) is 10.2 Å². The largest absolute Gasteiger partial charge is 0.355 e. The Labute approximate surface area is 127 Å². The number of carbonyl (C=O) groups excluding carboxylic acids is 1. The van der Waals surface area contributed by atoms with Crippen molar-refractivity contribution in [1.29, 1.82) is 0 Å². The van der Waals surface area contributed by atoms with Gasteiger partial charge in [0.2, 0.25) is 5.91 Å². The smallest absolute Gasteiger partial charge is 0.230 e. The van der Waals surface area contributed by atoms with Crippen molar-refractivity contribution in [2.75, 3.05) is 27.2 Å². The van der Waals surface area contributed by atoms with Gasteiger partial charge in [0.05, 0.1) is 5.41 Å². The molecular formula is C16H25ClN2O. The Morgan fingerprint density at radius 2 is 2.00 bits per heavy atom. The Morgan fingerprint density at radius 1 is 1.30 bits per heavy atom. The molecule has 1 aromatic rings. The van der Waals surface area contributed by atoms with E-state index in [0.29, 0.717) is 5.02 Å². The third kappa shape index (κ3) is 5.14. The number of rotatable bonds is 7. The number of nitrogens with one attached hydrogen (secondary N) is 1. The molecule has 4 heteroatoms. The standard InChI is InChI=1S/C16H25ClN2O/c1-16(2,13-8-7-9-14(17)12-13)15(20)18-10-5-6-11-19(3)4/h7-9,12H,5-6,10-11H2,1-4H3,(H,18,20). The van der Waals surface area contributed by atoms with Crippen molar-refractivity contribution in [2.24, 2.45) is 0 Å². The fourth-order valence-corrected chi connectivity index (χ4v) is 2.17. The highest BCUT2D eigenvalue weighted by molar-refractivity contribution is 6.30. The first-order chi connectivity index (χ1) is 9.34. The van der Waals surface area contributed by atoms with Crippen LogP contribution in [0, 0.1) is 0 Å². The monoisotopic (exact) mass is 296 g/mol. The van der Waals surface area contributed by atoms with Crippen molar-refractivity contribution < 1.29 is 4.79 Å². The van der Waals surface area contributed by atoms with Gasteiger partial charge in [0.15, 0.2) is 0 Å². The summed E-state index contributed by atoms with van der Waals surface area (Å²) in [5, 5.41) is 3.68. The van der Waals surface area contributed by atoms with Crippen molar-refractivity contribution in [1.82, 2.24) is 10.2 Å². The summed E-state index contributed by atoms with van der Waals surface area (Å²) in [5.74, 6) is 0.0459. The molecule has 0 aliphatic rings. The van der Waals surface area contributed by atoms with E-state index in [-0.39, 0.29) is 5.91 Å². The Hall–Kier alpha value is -1.06. The minimum Gasteiger partial charge on any atom is -0.355 e. The highest BCUT2D eigenvalue weighted by Gasteiger charge is 2.29. The first-order valence-corrected chi connectivity index (χ1v) is 7.41. The van der Waals surface area contributed by atoms with Crippen LogP contribution in [-0.4, -0.2) is 38.0 Å². The number of hydrogen-bond donors (Lipinski definition) is 1. The summed E-state index contributed by atoms with van der Waals surface area (Å²) in [6.45, 7) is 5.62. The lowest BCUT2D eigenvalue weighted by atomic mass is 9.83. The molecule has 0 unspecified atom stereocenters. The maximum atomic E-state index is 12.3. The topological polar surface area (TPSA) is 32.3 Å². The molecule has 1 aromatic carbocycles. The normalized spacial score (nSPS) is 11.7. The van der Waals surface area contributed by atoms with Crippen LogP contribution >= 0.6 is 11.6 Å². The summed E-state index contributed by atoms with van der Waals surface area (Å²) >= 11 is 5.99. The second kappa shape index (κ2) is 7.65. The average molecular weight is 297 g/mol. The van der Waals surface area contributed by atoms with E-state index < -0.39 is 5.41 Å². The van der Waals surface area contributed by atoms with Gasteiger partial charge in [0.1, 0.15) is 0 Å². The molecule has 0 aliphatic heterocycles. The zero-order valence-electron chi connectivity index (χ0n) is 12.9. The van der Waals surface area contributed by atoms with Crippen LogP contribution in [0.25, 0.3) is 0 Å². The van der Waals surface area contributed by atoms with Crippen LogP contribution in [0.3, 0.4) is 0 Å². The summed E-state index contributed by atoms with van der Waals surface area (Å²) in [5.41, 5.74) is 0.378. The number of unbranched alkanes of at least 4 members (excludes halogenated alkanes) is 1. The number of benzene rings is 1. The molecule has 0 aliphatic carbocycles. The van der Waals surface area contributed by atoms with Crippen LogP contribution < -0.4 is 5.32 Å². The lowest BCUT2D eigenvalue weighted by Gasteiger charge is -2.24. The molecule has 0 aromatic heterocycles. The van der Waals surface area contributed by atoms with Crippen LogP contribution in [0.1, 0.15) is 32.3 Å². The van der Waals surface area contributed by atoms with Gasteiger partial charge < -0.3 is 10.2 Å². The van der Waals surface area contributed by atoms with Gasteiger partial charge >= 0.3 is 0 Å². The minimum atomic E-state index is -0.563. The molecule has 1 N–H and O–H groups in total. The number of amides is 1. The van der Waals surface area contributed by atoms with E-state index in [4.69, 9.17) is 11.6 Å². The maximum absolute atomic E-state index is 12.3. The predicted molar refractivity (Wildman–Crippen MR) is 85.3 cm³/mol. The summed E-state index contributed by atoms with van der Waals surface area (Å²) < 4.78 is 0. The molecule has 1 amide bonds. The number of halogens is 1. The van der Waals surface area contributed by atoms with E-state index in [2.05, 4.69) is 24.3 Å². The molecule has 1 rings (SSSR count). The molecule has 3 nitrogen and oxygen atoms in total. The SMILES string of the molecule is CN(C)CCCCNC(=O)C(C)(C)c1cccc(Cl)c1. The van der Waals surface area contributed by atoms with Gasteiger partial charge in [-0.25, -0.2) is 0 Å². The van der Waals surface area contributed by atoms with E-state index >= 15 is 0 Å². The van der Waals surface area contributed by atoms with Crippen LogP contribution in [0.2, 0.25) is 5.02 Å². The van der Waals surface area contributed by atoms with Crippen molar-refractivity contribution in [3.8, 4) is 0 Å². The highest BCUT2D eigenvalue weighted by atomic mass is 35.5. The Morgan fingerprint density at radius 3 is 2.60 bits per heavy atom. The second-order valence-corrected chi connectivity index (χ2v) is 6.34. The zero-order chi connectivity index (χ0) is 15.2. The van der Waals surface area contributed by atoms with E-state index in [1.165, 1.54) is 0 Å². The molecule has 0 radical (unpaired) electrons. The molecule has 0 heterocycles. The van der Waals surface area contributed by atoms with E-state index in [9.17, 15) is 4.79 Å².